The van der Waals surface area contributed by atoms with Gasteiger partial charge in [0.05, 0.1) is 0 Å². The van der Waals surface area contributed by atoms with Crippen LogP contribution >= 0.6 is 0 Å². The minimum atomic E-state index is 0.274. The third-order valence-electron chi connectivity index (χ3n) is 3.37. The first-order chi connectivity index (χ1) is 9.24. The molecule has 1 N–H and O–H groups in total. The largest absolute Gasteiger partial charge is 0.508 e. The molecule has 4 nitrogen and oxygen atoms in total. The fourth-order valence-corrected chi connectivity index (χ4v) is 2.18. The Bertz CT molecular complexity index is 518. The number of hydrogen-bond donors (Lipinski definition) is 1. The lowest BCUT2D eigenvalue weighted by Crippen LogP contribution is -2.27. The fourth-order valence-electron chi connectivity index (χ4n) is 2.18. The second-order valence-corrected chi connectivity index (χ2v) is 4.52. The molecule has 19 heavy (non-hydrogen) atoms. The molecule has 0 aliphatic heterocycles. The molecule has 0 atom stereocenters. The van der Waals surface area contributed by atoms with Gasteiger partial charge in [-0.2, -0.15) is 0 Å². The van der Waals surface area contributed by atoms with Crippen LogP contribution in [0.4, 0.5) is 0 Å². The number of phenols is 1. The molecule has 1 aromatic carbocycles. The number of aromatic hydroxyl groups is 1. The van der Waals surface area contributed by atoms with E-state index in [1.807, 2.05) is 24.5 Å². The molecule has 0 aliphatic rings. The van der Waals surface area contributed by atoms with E-state index < -0.39 is 0 Å². The van der Waals surface area contributed by atoms with Crippen molar-refractivity contribution in [2.75, 3.05) is 19.6 Å². The number of rotatable bonds is 6. The number of phenolic OH excluding ortho intramolecular Hbond substituents is 1. The lowest BCUT2D eigenvalue weighted by molar-refractivity contribution is 0.291. The molecule has 2 aromatic rings. The fraction of sp³-hybridized carbons (Fsp3) is 0.400. The first-order valence-electron chi connectivity index (χ1n) is 6.77. The van der Waals surface area contributed by atoms with E-state index in [1.165, 1.54) is 0 Å². The molecule has 0 bridgehead atoms. The zero-order chi connectivity index (χ0) is 13.7. The minimum absolute atomic E-state index is 0.274. The van der Waals surface area contributed by atoms with Gasteiger partial charge in [-0.25, -0.2) is 4.98 Å². The van der Waals surface area contributed by atoms with E-state index >= 15 is 0 Å². The number of likely N-dealkylation sites (N-methyl/N-ethyl adjacent to an activating group) is 1. The summed E-state index contributed by atoms with van der Waals surface area (Å²) in [5, 5.41) is 9.55. The Morgan fingerprint density at radius 3 is 2.74 bits per heavy atom. The second-order valence-electron chi connectivity index (χ2n) is 4.52. The van der Waals surface area contributed by atoms with Crippen LogP contribution in [0.25, 0.3) is 11.4 Å². The highest BCUT2D eigenvalue weighted by atomic mass is 16.3. The van der Waals surface area contributed by atoms with E-state index in [9.17, 15) is 5.11 Å². The van der Waals surface area contributed by atoms with Crippen molar-refractivity contribution >= 4 is 0 Å². The molecule has 0 fully saturated rings. The van der Waals surface area contributed by atoms with Gasteiger partial charge in [0.1, 0.15) is 11.6 Å². The minimum Gasteiger partial charge on any atom is -0.508 e. The molecule has 0 aliphatic carbocycles. The summed E-state index contributed by atoms with van der Waals surface area (Å²) >= 11 is 0. The Hall–Kier alpha value is -1.81. The SMILES string of the molecule is CCN(CC)CCn1ccnc1-c1cccc(O)c1. The van der Waals surface area contributed by atoms with Crippen molar-refractivity contribution in [3.8, 4) is 17.1 Å². The van der Waals surface area contributed by atoms with Gasteiger partial charge < -0.3 is 14.6 Å². The van der Waals surface area contributed by atoms with Crippen LogP contribution in [-0.4, -0.2) is 39.2 Å². The normalized spacial score (nSPS) is 11.1. The van der Waals surface area contributed by atoms with Gasteiger partial charge in [-0.1, -0.05) is 26.0 Å². The van der Waals surface area contributed by atoms with E-state index in [0.29, 0.717) is 0 Å². The third-order valence-corrected chi connectivity index (χ3v) is 3.37. The molecule has 1 aromatic heterocycles. The quantitative estimate of drug-likeness (QED) is 0.867. The van der Waals surface area contributed by atoms with Crippen molar-refractivity contribution in [2.24, 2.45) is 0 Å². The molecule has 0 saturated heterocycles. The standard InChI is InChI=1S/C15H21N3O/c1-3-17(4-2)10-11-18-9-8-16-15(18)13-6-5-7-14(19)12-13/h5-9,12,19H,3-4,10-11H2,1-2H3. The van der Waals surface area contributed by atoms with Gasteiger partial charge in [0.25, 0.3) is 0 Å². The average molecular weight is 259 g/mol. The molecule has 102 valence electrons. The van der Waals surface area contributed by atoms with Crippen molar-refractivity contribution in [1.29, 1.82) is 0 Å². The summed E-state index contributed by atoms with van der Waals surface area (Å²) in [4.78, 5) is 6.77. The summed E-state index contributed by atoms with van der Waals surface area (Å²) in [6, 6.07) is 7.23. The highest BCUT2D eigenvalue weighted by Gasteiger charge is 2.07. The second kappa shape index (κ2) is 6.38. The predicted octanol–water partition coefficient (Wildman–Crippen LogP) is 2.60. The highest BCUT2D eigenvalue weighted by molar-refractivity contribution is 5.57. The molecule has 0 saturated carbocycles. The van der Waals surface area contributed by atoms with Gasteiger partial charge >= 0.3 is 0 Å². The molecule has 2 rings (SSSR count). The first kappa shape index (κ1) is 13.6. The number of hydrogen-bond acceptors (Lipinski definition) is 3. The topological polar surface area (TPSA) is 41.3 Å². The zero-order valence-electron chi connectivity index (χ0n) is 11.6. The Labute approximate surface area is 114 Å². The van der Waals surface area contributed by atoms with E-state index in [4.69, 9.17) is 0 Å². The summed E-state index contributed by atoms with van der Waals surface area (Å²) in [5.74, 6) is 1.18. The molecule has 4 heteroatoms. The van der Waals surface area contributed by atoms with Crippen molar-refractivity contribution in [2.45, 2.75) is 20.4 Å². The lowest BCUT2D eigenvalue weighted by Gasteiger charge is -2.18. The van der Waals surface area contributed by atoms with Crippen molar-refractivity contribution < 1.29 is 5.11 Å². The van der Waals surface area contributed by atoms with Crippen LogP contribution in [0.1, 0.15) is 13.8 Å². The maximum Gasteiger partial charge on any atom is 0.140 e. The van der Waals surface area contributed by atoms with E-state index in [2.05, 4.69) is 28.3 Å². The van der Waals surface area contributed by atoms with Gasteiger partial charge in [-0.15, -0.1) is 0 Å². The van der Waals surface area contributed by atoms with Crippen LogP contribution in [-0.2, 0) is 6.54 Å². The zero-order valence-corrected chi connectivity index (χ0v) is 11.6. The van der Waals surface area contributed by atoms with E-state index in [-0.39, 0.29) is 5.75 Å². The summed E-state index contributed by atoms with van der Waals surface area (Å²) < 4.78 is 2.13. The predicted molar refractivity (Wildman–Crippen MR) is 77.1 cm³/mol. The summed E-state index contributed by atoms with van der Waals surface area (Å²) in [6.45, 7) is 8.39. The summed E-state index contributed by atoms with van der Waals surface area (Å²) in [7, 11) is 0. The molecular formula is C15H21N3O. The molecular weight excluding hydrogens is 238 g/mol. The molecule has 1 heterocycles. The van der Waals surface area contributed by atoms with E-state index in [1.54, 1.807) is 12.1 Å². The molecule has 0 amide bonds. The summed E-state index contributed by atoms with van der Waals surface area (Å²) in [5.41, 5.74) is 0.949. The monoisotopic (exact) mass is 259 g/mol. The Morgan fingerprint density at radius 1 is 1.26 bits per heavy atom. The molecule has 0 spiro atoms. The van der Waals surface area contributed by atoms with Crippen LogP contribution in [0.15, 0.2) is 36.7 Å². The van der Waals surface area contributed by atoms with E-state index in [0.717, 1.165) is 37.6 Å². The number of benzene rings is 1. The third kappa shape index (κ3) is 3.35. The van der Waals surface area contributed by atoms with Crippen LogP contribution in [0.2, 0.25) is 0 Å². The van der Waals surface area contributed by atoms with Crippen LogP contribution in [0.5, 0.6) is 5.75 Å². The van der Waals surface area contributed by atoms with Crippen molar-refractivity contribution in [1.82, 2.24) is 14.5 Å². The molecule has 0 unspecified atom stereocenters. The Balaban J connectivity index is 2.14. The van der Waals surface area contributed by atoms with Crippen LogP contribution in [0.3, 0.4) is 0 Å². The van der Waals surface area contributed by atoms with Gasteiger partial charge in [-0.05, 0) is 25.2 Å². The maximum atomic E-state index is 9.55. The number of imidazole rings is 1. The highest BCUT2D eigenvalue weighted by Crippen LogP contribution is 2.21. The van der Waals surface area contributed by atoms with Crippen LogP contribution in [0, 0.1) is 0 Å². The maximum absolute atomic E-state index is 9.55. The Morgan fingerprint density at radius 2 is 2.05 bits per heavy atom. The van der Waals surface area contributed by atoms with Crippen molar-refractivity contribution in [3.63, 3.8) is 0 Å². The molecule has 0 radical (unpaired) electrons. The van der Waals surface area contributed by atoms with Gasteiger partial charge in [-0.3, -0.25) is 0 Å². The lowest BCUT2D eigenvalue weighted by atomic mass is 10.2. The smallest absolute Gasteiger partial charge is 0.140 e. The van der Waals surface area contributed by atoms with Gasteiger partial charge in [0.15, 0.2) is 0 Å². The Kier molecular flexibility index (Phi) is 4.58. The number of nitrogens with zero attached hydrogens (tertiary/aromatic N) is 3. The summed E-state index contributed by atoms with van der Waals surface area (Å²) in [6.07, 6.45) is 3.80. The van der Waals surface area contributed by atoms with Gasteiger partial charge in [0.2, 0.25) is 0 Å². The number of aromatic nitrogens is 2. The van der Waals surface area contributed by atoms with Crippen LogP contribution < -0.4 is 0 Å². The van der Waals surface area contributed by atoms with Gasteiger partial charge in [0, 0.05) is 31.0 Å². The first-order valence-corrected chi connectivity index (χ1v) is 6.77. The van der Waals surface area contributed by atoms with Crippen molar-refractivity contribution in [3.05, 3.63) is 36.7 Å². The average Bonchev–Trinajstić information content (AvgIpc) is 2.88.